The summed E-state index contributed by atoms with van der Waals surface area (Å²) >= 11 is 9.36. The fourth-order valence-electron chi connectivity index (χ4n) is 2.80. The van der Waals surface area contributed by atoms with Gasteiger partial charge in [-0.15, -0.1) is 0 Å². The van der Waals surface area contributed by atoms with E-state index in [1.54, 1.807) is 23.0 Å². The van der Waals surface area contributed by atoms with Gasteiger partial charge in [0.2, 0.25) is 0 Å². The normalized spacial score (nSPS) is 12.3. The summed E-state index contributed by atoms with van der Waals surface area (Å²) in [6, 6.07) is 10.9. The number of hydrogen-bond donors (Lipinski definition) is 1. The van der Waals surface area contributed by atoms with Crippen LogP contribution in [0.25, 0.3) is 0 Å². The van der Waals surface area contributed by atoms with Gasteiger partial charge < -0.3 is 14.6 Å². The highest BCUT2D eigenvalue weighted by Gasteiger charge is 2.19. The molecule has 28 heavy (non-hydrogen) atoms. The first-order valence-electron chi connectivity index (χ1n) is 8.88. The van der Waals surface area contributed by atoms with Crippen molar-refractivity contribution in [1.29, 1.82) is 0 Å². The lowest BCUT2D eigenvalue weighted by molar-refractivity contribution is 0.0902. The number of rotatable bonds is 8. The molecule has 1 atom stereocenters. The van der Waals surface area contributed by atoms with E-state index in [0.29, 0.717) is 17.3 Å². The average molecular weight is 466 g/mol. The van der Waals surface area contributed by atoms with Gasteiger partial charge in [0.25, 0.3) is 5.91 Å². The van der Waals surface area contributed by atoms with Crippen LogP contribution in [0.15, 0.2) is 57.7 Å². The lowest BCUT2D eigenvalue weighted by Crippen LogP contribution is -2.30. The predicted molar refractivity (Wildman–Crippen MR) is 113 cm³/mol. The first-order chi connectivity index (χ1) is 13.4. The average Bonchev–Trinajstić information content (AvgIpc) is 3.28. The second-order valence-corrected chi connectivity index (χ2v) is 8.14. The van der Waals surface area contributed by atoms with Crippen molar-refractivity contribution in [1.82, 2.24) is 20.0 Å². The highest BCUT2D eigenvalue weighted by atomic mass is 79.9. The number of halogens is 2. The van der Waals surface area contributed by atoms with Crippen LogP contribution in [-0.4, -0.2) is 41.2 Å². The molecule has 0 saturated carbocycles. The molecule has 6 nitrogen and oxygen atoms in total. The molecule has 3 rings (SSSR count). The Hall–Kier alpha value is -2.09. The third kappa shape index (κ3) is 5.70. The zero-order chi connectivity index (χ0) is 20.1. The topological polar surface area (TPSA) is 63.3 Å². The maximum Gasteiger partial charge on any atom is 0.287 e. The van der Waals surface area contributed by atoms with Crippen LogP contribution in [0.3, 0.4) is 0 Å². The summed E-state index contributed by atoms with van der Waals surface area (Å²) in [5, 5.41) is 7.94. The number of hydrogen-bond acceptors (Lipinski definition) is 4. The molecule has 0 fully saturated rings. The molecule has 8 heteroatoms. The van der Waals surface area contributed by atoms with Gasteiger partial charge in [-0.25, -0.2) is 0 Å². The molecule has 0 saturated heterocycles. The van der Waals surface area contributed by atoms with Crippen LogP contribution >= 0.6 is 27.5 Å². The number of furan rings is 1. The molecule has 0 aliphatic heterocycles. The fourth-order valence-corrected chi connectivity index (χ4v) is 3.26. The first-order valence-corrected chi connectivity index (χ1v) is 10.1. The van der Waals surface area contributed by atoms with Crippen LogP contribution in [0.2, 0.25) is 5.02 Å². The standard InChI is InChI=1S/C20H22BrClN4O2/c1-25(2)10-9-18(14-3-5-16(22)6-4-14)24-20(27)19-8-7-17(28-19)13-26-12-15(21)11-23-26/h3-8,11-12,18H,9-10,13H2,1-2H3,(H,24,27). The van der Waals surface area contributed by atoms with E-state index < -0.39 is 0 Å². The fraction of sp³-hybridized carbons (Fsp3) is 0.300. The van der Waals surface area contributed by atoms with Gasteiger partial charge in [-0.05, 0) is 72.8 Å². The number of benzene rings is 1. The van der Waals surface area contributed by atoms with Crippen molar-refractivity contribution in [3.63, 3.8) is 0 Å². The van der Waals surface area contributed by atoms with E-state index in [1.165, 1.54) is 0 Å². The molecule has 0 bridgehead atoms. The van der Waals surface area contributed by atoms with Crippen molar-refractivity contribution in [2.45, 2.75) is 19.0 Å². The first kappa shape index (κ1) is 20.6. The van der Waals surface area contributed by atoms with E-state index in [4.69, 9.17) is 16.0 Å². The summed E-state index contributed by atoms with van der Waals surface area (Å²) in [5.74, 6) is 0.703. The zero-order valence-corrected chi connectivity index (χ0v) is 18.1. The lowest BCUT2D eigenvalue weighted by Gasteiger charge is -2.21. The maximum absolute atomic E-state index is 12.7. The number of carbonyl (C=O) groups excluding carboxylic acids is 1. The Morgan fingerprint density at radius 3 is 2.68 bits per heavy atom. The van der Waals surface area contributed by atoms with Crippen LogP contribution in [0.5, 0.6) is 0 Å². The smallest absolute Gasteiger partial charge is 0.287 e. The van der Waals surface area contributed by atoms with Gasteiger partial charge in [-0.1, -0.05) is 23.7 Å². The van der Waals surface area contributed by atoms with Gasteiger partial charge in [0.15, 0.2) is 5.76 Å². The predicted octanol–water partition coefficient (Wildman–Crippen LogP) is 4.36. The molecule has 0 aliphatic carbocycles. The van der Waals surface area contributed by atoms with Gasteiger partial charge in [-0.2, -0.15) is 5.10 Å². The van der Waals surface area contributed by atoms with E-state index >= 15 is 0 Å². The van der Waals surface area contributed by atoms with Gasteiger partial charge in [0.1, 0.15) is 5.76 Å². The molecule has 0 spiro atoms. The van der Waals surface area contributed by atoms with Crippen LogP contribution < -0.4 is 5.32 Å². The summed E-state index contributed by atoms with van der Waals surface area (Å²) in [6.07, 6.45) is 4.33. The monoisotopic (exact) mass is 464 g/mol. The number of nitrogens with one attached hydrogen (secondary N) is 1. The van der Waals surface area contributed by atoms with Crippen molar-refractivity contribution in [3.05, 3.63) is 75.4 Å². The zero-order valence-electron chi connectivity index (χ0n) is 15.7. The second kappa shape index (κ2) is 9.41. The molecule has 0 radical (unpaired) electrons. The molecule has 0 aliphatic rings. The summed E-state index contributed by atoms with van der Waals surface area (Å²) in [6.45, 7) is 1.30. The SMILES string of the molecule is CN(C)CCC(NC(=O)c1ccc(Cn2cc(Br)cn2)o1)c1ccc(Cl)cc1. The summed E-state index contributed by atoms with van der Waals surface area (Å²) in [7, 11) is 4.01. The minimum Gasteiger partial charge on any atom is -0.454 e. The lowest BCUT2D eigenvalue weighted by atomic mass is 10.0. The number of aromatic nitrogens is 2. The third-order valence-corrected chi connectivity index (χ3v) is 4.91. The van der Waals surface area contributed by atoms with Gasteiger partial charge >= 0.3 is 0 Å². The highest BCUT2D eigenvalue weighted by Crippen LogP contribution is 2.21. The molecular weight excluding hydrogens is 444 g/mol. The Kier molecular flexibility index (Phi) is 6.93. The number of nitrogens with zero attached hydrogens (tertiary/aromatic N) is 3. The van der Waals surface area contributed by atoms with Gasteiger partial charge in [0.05, 0.1) is 23.3 Å². The Bertz CT molecular complexity index is 920. The van der Waals surface area contributed by atoms with Crippen molar-refractivity contribution in [2.24, 2.45) is 0 Å². The number of amides is 1. The largest absolute Gasteiger partial charge is 0.454 e. The highest BCUT2D eigenvalue weighted by molar-refractivity contribution is 9.10. The molecule has 3 aromatic rings. The van der Waals surface area contributed by atoms with E-state index in [2.05, 4.69) is 31.2 Å². The summed E-state index contributed by atoms with van der Waals surface area (Å²) < 4.78 is 8.35. The van der Waals surface area contributed by atoms with Crippen molar-refractivity contribution < 1.29 is 9.21 Å². The summed E-state index contributed by atoms with van der Waals surface area (Å²) in [4.78, 5) is 14.8. The molecule has 2 aromatic heterocycles. The Morgan fingerprint density at radius 2 is 2.04 bits per heavy atom. The Balaban J connectivity index is 1.69. The van der Waals surface area contributed by atoms with Crippen LogP contribution in [-0.2, 0) is 6.54 Å². The van der Waals surface area contributed by atoms with Gasteiger partial charge in [0, 0.05) is 11.2 Å². The van der Waals surface area contributed by atoms with Crippen LogP contribution in [0.1, 0.15) is 34.3 Å². The minimum absolute atomic E-state index is 0.136. The van der Waals surface area contributed by atoms with E-state index in [-0.39, 0.29) is 17.7 Å². The Labute approximate surface area is 177 Å². The van der Waals surface area contributed by atoms with Crippen molar-refractivity contribution in [3.8, 4) is 0 Å². The molecule has 1 unspecified atom stereocenters. The quantitative estimate of drug-likeness (QED) is 0.537. The second-order valence-electron chi connectivity index (χ2n) is 6.79. The molecule has 1 amide bonds. The van der Waals surface area contributed by atoms with E-state index in [0.717, 1.165) is 23.0 Å². The third-order valence-electron chi connectivity index (χ3n) is 4.25. The van der Waals surface area contributed by atoms with Crippen molar-refractivity contribution >= 4 is 33.4 Å². The number of carbonyl (C=O) groups is 1. The minimum atomic E-state index is -0.244. The van der Waals surface area contributed by atoms with Crippen LogP contribution in [0.4, 0.5) is 0 Å². The molecule has 1 N–H and O–H groups in total. The van der Waals surface area contributed by atoms with E-state index in [1.807, 2.05) is 44.6 Å². The maximum atomic E-state index is 12.7. The van der Waals surface area contributed by atoms with Crippen molar-refractivity contribution in [2.75, 3.05) is 20.6 Å². The Morgan fingerprint density at radius 1 is 1.29 bits per heavy atom. The molecule has 1 aromatic carbocycles. The molecule has 148 valence electrons. The summed E-state index contributed by atoms with van der Waals surface area (Å²) in [5.41, 5.74) is 1.01. The molecule has 2 heterocycles. The van der Waals surface area contributed by atoms with Crippen LogP contribution in [0, 0.1) is 0 Å². The van der Waals surface area contributed by atoms with E-state index in [9.17, 15) is 4.79 Å². The van der Waals surface area contributed by atoms with Gasteiger partial charge in [-0.3, -0.25) is 9.48 Å². The molecular formula is C20H22BrClN4O2.